The van der Waals surface area contributed by atoms with Gasteiger partial charge in [-0.25, -0.2) is 0 Å². The van der Waals surface area contributed by atoms with Gasteiger partial charge in [0.15, 0.2) is 6.29 Å². The third-order valence-corrected chi connectivity index (χ3v) is 4.90. The van der Waals surface area contributed by atoms with E-state index in [-0.39, 0.29) is 12.1 Å². The van der Waals surface area contributed by atoms with Gasteiger partial charge in [-0.3, -0.25) is 4.68 Å². The van der Waals surface area contributed by atoms with Crippen LogP contribution in [0.4, 0.5) is 0 Å². The smallest absolute Gasteiger partial charge is 0.183 e. The van der Waals surface area contributed by atoms with Crippen LogP contribution in [0.15, 0.2) is 16.9 Å². The molecule has 4 heterocycles. The van der Waals surface area contributed by atoms with Crippen LogP contribution >= 0.6 is 11.6 Å². The molecule has 0 aliphatic carbocycles. The van der Waals surface area contributed by atoms with Crippen LogP contribution < -0.4 is 5.32 Å². The first-order valence-electron chi connectivity index (χ1n) is 7.84. The Morgan fingerprint density at radius 1 is 1.46 bits per heavy atom. The number of aliphatic hydroxyl groups excluding tert-OH is 1. The van der Waals surface area contributed by atoms with E-state index in [9.17, 15) is 5.11 Å². The van der Waals surface area contributed by atoms with Gasteiger partial charge in [-0.1, -0.05) is 16.8 Å². The van der Waals surface area contributed by atoms with Crippen molar-refractivity contribution in [1.29, 1.82) is 0 Å². The van der Waals surface area contributed by atoms with Gasteiger partial charge in [0.1, 0.15) is 17.9 Å². The monoisotopic (exact) mass is 354 g/mol. The maximum absolute atomic E-state index is 10.9. The van der Waals surface area contributed by atoms with Crippen LogP contribution in [0.2, 0.25) is 5.02 Å². The number of hydrogen-bond donors (Lipinski definition) is 2. The Morgan fingerprint density at radius 2 is 2.29 bits per heavy atom. The van der Waals surface area contributed by atoms with E-state index in [1.54, 1.807) is 10.9 Å². The predicted octanol–water partition coefficient (Wildman–Crippen LogP) is 0.957. The zero-order chi connectivity index (χ0) is 16.8. The molecule has 2 N–H and O–H groups in total. The molecule has 130 valence electrons. The van der Waals surface area contributed by atoms with E-state index in [0.29, 0.717) is 18.2 Å². The number of fused-ring (bicyclic) bond motifs is 2. The van der Waals surface area contributed by atoms with E-state index >= 15 is 0 Å². The quantitative estimate of drug-likeness (QED) is 0.844. The van der Waals surface area contributed by atoms with Gasteiger partial charge in [-0.2, -0.15) is 5.10 Å². The molecule has 2 aliphatic rings. The maximum atomic E-state index is 10.9. The number of ether oxygens (including phenoxy) is 2. The Balaban J connectivity index is 1.54. The highest BCUT2D eigenvalue weighted by atomic mass is 35.5. The highest BCUT2D eigenvalue weighted by Crippen LogP contribution is 2.36. The van der Waals surface area contributed by atoms with E-state index in [4.69, 9.17) is 25.6 Å². The largest absolute Gasteiger partial charge is 0.389 e. The molecule has 0 aromatic carbocycles. The Labute approximate surface area is 143 Å². The van der Waals surface area contributed by atoms with Gasteiger partial charge in [-0.15, -0.1) is 0 Å². The summed E-state index contributed by atoms with van der Waals surface area (Å²) in [7, 11) is 0. The molecule has 2 bridgehead atoms. The molecule has 5 atom stereocenters. The van der Waals surface area contributed by atoms with Crippen molar-refractivity contribution in [2.45, 2.75) is 51.0 Å². The second-order valence-corrected chi connectivity index (χ2v) is 6.64. The van der Waals surface area contributed by atoms with Crippen LogP contribution in [0.3, 0.4) is 0 Å². The molecule has 4 rings (SSSR count). The number of hydrogen-bond acceptors (Lipinski definition) is 7. The Kier molecular flexibility index (Phi) is 4.09. The van der Waals surface area contributed by atoms with Crippen LogP contribution in [0.5, 0.6) is 0 Å². The molecule has 0 unspecified atom stereocenters. The highest BCUT2D eigenvalue weighted by molar-refractivity contribution is 6.30. The fourth-order valence-electron chi connectivity index (χ4n) is 3.39. The fraction of sp³-hybridized carbons (Fsp3) is 0.600. The van der Waals surface area contributed by atoms with Gasteiger partial charge in [0, 0.05) is 18.3 Å². The van der Waals surface area contributed by atoms with Crippen molar-refractivity contribution in [2.75, 3.05) is 6.61 Å². The summed E-state index contributed by atoms with van der Waals surface area (Å²) in [4.78, 5) is 0. The summed E-state index contributed by atoms with van der Waals surface area (Å²) in [5, 5.41) is 22.9. The van der Waals surface area contributed by atoms with Gasteiger partial charge in [0.25, 0.3) is 0 Å². The van der Waals surface area contributed by atoms with Gasteiger partial charge in [0.05, 0.1) is 35.7 Å². The molecule has 9 heteroatoms. The average molecular weight is 355 g/mol. The number of nitrogens with zero attached hydrogens (tertiary/aromatic N) is 3. The first-order valence-corrected chi connectivity index (χ1v) is 8.22. The molecule has 0 amide bonds. The number of aromatic nitrogens is 3. The Morgan fingerprint density at radius 3 is 2.96 bits per heavy atom. The highest BCUT2D eigenvalue weighted by Gasteiger charge is 2.51. The summed E-state index contributed by atoms with van der Waals surface area (Å²) >= 11 is 5.95. The number of aryl methyl sites for hydroxylation is 2. The molecule has 8 nitrogen and oxygen atoms in total. The number of aliphatic hydroxyl groups is 1. The van der Waals surface area contributed by atoms with E-state index in [0.717, 1.165) is 17.0 Å². The van der Waals surface area contributed by atoms with Crippen LogP contribution in [0.1, 0.15) is 23.1 Å². The minimum Gasteiger partial charge on any atom is -0.389 e. The van der Waals surface area contributed by atoms with Crippen molar-refractivity contribution in [3.05, 3.63) is 34.4 Å². The number of halogens is 1. The summed E-state index contributed by atoms with van der Waals surface area (Å²) in [6.45, 7) is 4.71. The minimum atomic E-state index is -0.729. The van der Waals surface area contributed by atoms with Gasteiger partial charge < -0.3 is 24.4 Å². The molecular formula is C15H19ClN4O4. The second-order valence-electron chi connectivity index (χ2n) is 6.21. The second kappa shape index (κ2) is 6.12. The summed E-state index contributed by atoms with van der Waals surface area (Å²) in [6.07, 6.45) is 1.71. The van der Waals surface area contributed by atoms with Crippen molar-refractivity contribution in [1.82, 2.24) is 20.3 Å². The number of nitrogens with one attached hydrogen (secondary N) is 1. The molecule has 0 saturated carbocycles. The summed E-state index contributed by atoms with van der Waals surface area (Å²) in [6, 6.07) is -0.760. The van der Waals surface area contributed by atoms with E-state index in [1.165, 1.54) is 6.20 Å². The van der Waals surface area contributed by atoms with Crippen molar-refractivity contribution >= 4 is 11.6 Å². The SMILES string of the molecule is Cc1noc(C)c1CN[C@H]1[C@H](O)[C@@H](n2cc(Cl)cn2)[C@@H]2OC[C@H]1O2. The Bertz CT molecular complexity index is 713. The molecule has 0 radical (unpaired) electrons. The van der Waals surface area contributed by atoms with Crippen LogP contribution in [0.25, 0.3) is 0 Å². The first-order chi connectivity index (χ1) is 11.5. The van der Waals surface area contributed by atoms with Crippen molar-refractivity contribution < 1.29 is 19.1 Å². The van der Waals surface area contributed by atoms with Crippen LogP contribution in [-0.2, 0) is 16.0 Å². The maximum Gasteiger partial charge on any atom is 0.183 e. The minimum absolute atomic E-state index is 0.215. The molecule has 2 fully saturated rings. The van der Waals surface area contributed by atoms with Crippen molar-refractivity contribution in [3.8, 4) is 0 Å². The predicted molar refractivity (Wildman–Crippen MR) is 83.5 cm³/mol. The lowest BCUT2D eigenvalue weighted by Gasteiger charge is -2.38. The standard InChI is InChI=1S/C15H19ClN4O4/c1-7-10(8(2)24-19-7)4-17-12-11-6-22-15(23-11)13(14(12)21)20-5-9(16)3-18-20/h3,5,11-15,17,21H,4,6H2,1-2H3/t11-,12-,13-,14+,15-/m1/s1. The van der Waals surface area contributed by atoms with E-state index in [1.807, 2.05) is 13.8 Å². The van der Waals surface area contributed by atoms with Crippen molar-refractivity contribution in [2.24, 2.45) is 0 Å². The fourth-order valence-corrected chi connectivity index (χ4v) is 3.53. The third kappa shape index (κ3) is 2.64. The van der Waals surface area contributed by atoms with Crippen LogP contribution in [-0.4, -0.2) is 51.2 Å². The lowest BCUT2D eigenvalue weighted by atomic mass is 9.96. The lowest BCUT2D eigenvalue weighted by Crippen LogP contribution is -2.57. The van der Waals surface area contributed by atoms with Crippen LogP contribution in [0, 0.1) is 13.8 Å². The van der Waals surface area contributed by atoms with Crippen molar-refractivity contribution in [3.63, 3.8) is 0 Å². The summed E-state index contributed by atoms with van der Waals surface area (Å²) < 4.78 is 18.4. The normalized spacial score (nSPS) is 32.4. The van der Waals surface area contributed by atoms with E-state index in [2.05, 4.69) is 15.6 Å². The summed E-state index contributed by atoms with van der Waals surface area (Å²) in [5.41, 5.74) is 1.82. The zero-order valence-electron chi connectivity index (χ0n) is 13.3. The molecule has 2 saturated heterocycles. The van der Waals surface area contributed by atoms with Gasteiger partial charge >= 0.3 is 0 Å². The molecule has 2 aliphatic heterocycles. The molecule has 24 heavy (non-hydrogen) atoms. The number of rotatable bonds is 4. The zero-order valence-corrected chi connectivity index (χ0v) is 14.1. The van der Waals surface area contributed by atoms with Gasteiger partial charge in [-0.05, 0) is 13.8 Å². The Hall–Kier alpha value is -1.45. The average Bonchev–Trinajstić information content (AvgIpc) is 3.23. The molecule has 0 spiro atoms. The summed E-state index contributed by atoms with van der Waals surface area (Å²) in [5.74, 6) is 0.766. The van der Waals surface area contributed by atoms with Gasteiger partial charge in [0.2, 0.25) is 0 Å². The molecule has 2 aromatic rings. The first kappa shape index (κ1) is 16.0. The third-order valence-electron chi connectivity index (χ3n) is 4.70. The molecular weight excluding hydrogens is 336 g/mol. The topological polar surface area (TPSA) is 94.6 Å². The lowest BCUT2D eigenvalue weighted by molar-refractivity contribution is -0.168. The van der Waals surface area contributed by atoms with E-state index < -0.39 is 18.4 Å². The molecule has 2 aromatic heterocycles.